The quantitative estimate of drug-likeness (QED) is 0.0721. The minimum atomic E-state index is -1.46. The van der Waals surface area contributed by atoms with Crippen LogP contribution in [0.3, 0.4) is 0 Å². The third kappa shape index (κ3) is 11.1. The molecule has 0 saturated carbocycles. The number of phenolic OH excluding ortho intramolecular Hbond substituents is 2. The van der Waals surface area contributed by atoms with Crippen LogP contribution in [-0.2, 0) is 35.2 Å². The maximum Gasteiger partial charge on any atom is 0.289 e. The number of fused-ring (bicyclic) bond motifs is 5. The van der Waals surface area contributed by atoms with E-state index in [0.717, 1.165) is 16.0 Å². The molecule has 6 amide bonds. The van der Waals surface area contributed by atoms with Crippen LogP contribution in [0.15, 0.2) is 84.9 Å². The van der Waals surface area contributed by atoms with Crippen LogP contribution < -0.4 is 32.3 Å². The van der Waals surface area contributed by atoms with Crippen molar-refractivity contribution in [2.75, 3.05) is 20.6 Å². The SMILES string of the molecule is CNC(=O)C(=O)C(C)NC(=O)[C@@H]1Cc2ccc(O)c(c2)-c2cc(ccc2O)[C@H](N(C)C(=O)[C@H](CCCCN)NC(=O)c2ccc(-c3ccc(Cl)cc3)cc2)C(=O)N[C@@H](C)C(=O)N1. The van der Waals surface area contributed by atoms with E-state index < -0.39 is 71.4 Å². The van der Waals surface area contributed by atoms with Crippen LogP contribution in [0.2, 0.25) is 5.02 Å². The smallest absolute Gasteiger partial charge is 0.289 e. The van der Waals surface area contributed by atoms with E-state index >= 15 is 0 Å². The fourth-order valence-corrected chi connectivity index (χ4v) is 7.16. The van der Waals surface area contributed by atoms with Gasteiger partial charge < -0.3 is 47.4 Å². The molecule has 1 aliphatic heterocycles. The number of Topliss-reactive ketones (excluding diaryl/α,β-unsaturated/α-hetero) is 1. The first kappa shape index (κ1) is 46.3. The van der Waals surface area contributed by atoms with Gasteiger partial charge in [0.25, 0.3) is 11.8 Å². The van der Waals surface area contributed by atoms with Gasteiger partial charge in [-0.25, -0.2) is 0 Å². The summed E-state index contributed by atoms with van der Waals surface area (Å²) in [6, 6.07) is 16.0. The van der Waals surface area contributed by atoms with Crippen molar-refractivity contribution in [3.63, 3.8) is 0 Å². The van der Waals surface area contributed by atoms with Crippen molar-refractivity contribution < 1.29 is 43.8 Å². The standard InChI is InChI=1S/C45H50ClN7O9/c1-24(39(56)44(61)48-3)49-42(59)35-22-26-8-18-36(54)32(21-26)33-23-30(15-19-37(33)55)38(43(60)50-25(2)40(57)52-35)53(4)45(62)34(7-5-6-20-47)51-41(58)29-11-9-27(10-12-29)28-13-16-31(46)17-14-28/h8-19,21,23-25,34-35,38,54-55H,5-7,20,22,47H2,1-4H3,(H,48,61)(H,49,59)(H,50,60)(H,51,58)(H,52,57)/t24?,25-,34-,35-,38-/m0/s1. The molecule has 4 aromatic carbocycles. The number of ketones is 1. The zero-order valence-electron chi connectivity index (χ0n) is 34.7. The monoisotopic (exact) mass is 867 g/mol. The number of benzene rings is 4. The normalized spacial score (nSPS) is 17.2. The highest BCUT2D eigenvalue weighted by atomic mass is 35.5. The third-order valence-corrected chi connectivity index (χ3v) is 10.8. The Hall–Kier alpha value is -6.78. The van der Waals surface area contributed by atoms with E-state index in [9.17, 15) is 43.8 Å². The number of unbranched alkanes of at least 4 members (excludes halogenated alkanes) is 1. The maximum atomic E-state index is 14.5. The predicted octanol–water partition coefficient (Wildman–Crippen LogP) is 2.88. The van der Waals surface area contributed by atoms with Gasteiger partial charge in [-0.3, -0.25) is 33.6 Å². The van der Waals surface area contributed by atoms with Crippen molar-refractivity contribution in [2.45, 2.75) is 69.7 Å². The lowest BCUT2D eigenvalue weighted by Crippen LogP contribution is -2.57. The van der Waals surface area contributed by atoms with Gasteiger partial charge in [-0.1, -0.05) is 48.0 Å². The Bertz CT molecular complexity index is 2340. The molecule has 5 atom stereocenters. The summed E-state index contributed by atoms with van der Waals surface area (Å²) in [4.78, 5) is 95.5. The molecule has 5 rings (SSSR count). The van der Waals surface area contributed by atoms with E-state index in [1.165, 1.54) is 64.3 Å². The van der Waals surface area contributed by atoms with E-state index in [2.05, 4.69) is 26.6 Å². The van der Waals surface area contributed by atoms with Gasteiger partial charge >= 0.3 is 0 Å². The van der Waals surface area contributed by atoms with Gasteiger partial charge in [0.15, 0.2) is 0 Å². The van der Waals surface area contributed by atoms with E-state index in [1.807, 2.05) is 12.1 Å². The van der Waals surface area contributed by atoms with Gasteiger partial charge in [-0.2, -0.15) is 0 Å². The number of rotatable bonds is 13. The molecular formula is C45H50ClN7O9. The molecule has 0 fully saturated rings. The van der Waals surface area contributed by atoms with Gasteiger partial charge in [0.05, 0.1) is 6.04 Å². The minimum absolute atomic E-state index is 0.0790. The maximum absolute atomic E-state index is 14.5. The fourth-order valence-electron chi connectivity index (χ4n) is 7.04. The first-order valence-electron chi connectivity index (χ1n) is 20.0. The van der Waals surface area contributed by atoms with Crippen molar-refractivity contribution >= 4 is 52.8 Å². The molecule has 62 heavy (non-hydrogen) atoms. The lowest BCUT2D eigenvalue weighted by Gasteiger charge is -2.32. The molecule has 16 nitrogen and oxygen atoms in total. The minimum Gasteiger partial charge on any atom is -0.507 e. The highest BCUT2D eigenvalue weighted by Crippen LogP contribution is 2.39. The molecule has 9 N–H and O–H groups in total. The van der Waals surface area contributed by atoms with Crippen LogP contribution >= 0.6 is 11.6 Å². The predicted molar refractivity (Wildman–Crippen MR) is 232 cm³/mol. The van der Waals surface area contributed by atoms with Crippen LogP contribution in [0.4, 0.5) is 0 Å². The van der Waals surface area contributed by atoms with Crippen LogP contribution in [0.1, 0.15) is 60.6 Å². The summed E-state index contributed by atoms with van der Waals surface area (Å²) in [6.07, 6.45) is 0.996. The summed E-state index contributed by atoms with van der Waals surface area (Å²) in [6.45, 7) is 3.02. The molecule has 0 radical (unpaired) electrons. The van der Waals surface area contributed by atoms with E-state index in [0.29, 0.717) is 30.0 Å². The van der Waals surface area contributed by atoms with Crippen molar-refractivity contribution in [2.24, 2.45) is 5.73 Å². The largest absolute Gasteiger partial charge is 0.507 e. The number of carbonyl (C=O) groups is 7. The summed E-state index contributed by atoms with van der Waals surface area (Å²) in [5.41, 5.74) is 8.56. The summed E-state index contributed by atoms with van der Waals surface area (Å²) in [7, 11) is 2.64. The molecule has 1 aliphatic rings. The van der Waals surface area contributed by atoms with Crippen molar-refractivity contribution in [1.29, 1.82) is 0 Å². The number of hydrogen-bond donors (Lipinski definition) is 8. The molecule has 1 heterocycles. The number of nitrogens with two attached hydrogens (primary N) is 1. The molecule has 326 valence electrons. The number of amides is 6. The average Bonchev–Trinajstić information content (AvgIpc) is 3.26. The second-order valence-electron chi connectivity index (χ2n) is 15.0. The Morgan fingerprint density at radius 2 is 1.45 bits per heavy atom. The lowest BCUT2D eigenvalue weighted by molar-refractivity contribution is -0.142. The number of aromatic hydroxyl groups is 2. The molecule has 0 saturated heterocycles. The third-order valence-electron chi connectivity index (χ3n) is 10.6. The molecule has 0 spiro atoms. The summed E-state index contributed by atoms with van der Waals surface area (Å²) in [5, 5.41) is 35.5. The highest BCUT2D eigenvalue weighted by Gasteiger charge is 2.36. The topological polar surface area (TPSA) is 249 Å². The molecule has 1 unspecified atom stereocenters. The van der Waals surface area contributed by atoms with Gasteiger partial charge in [0, 0.05) is 42.2 Å². The molecule has 0 aliphatic carbocycles. The Morgan fingerprint density at radius 3 is 2.08 bits per heavy atom. The van der Waals surface area contributed by atoms with Crippen LogP contribution in [-0.4, -0.2) is 101 Å². The second-order valence-corrected chi connectivity index (χ2v) is 15.5. The van der Waals surface area contributed by atoms with Crippen molar-refractivity contribution in [3.05, 3.63) is 107 Å². The lowest BCUT2D eigenvalue weighted by atomic mass is 9.93. The number of likely N-dealkylation sites (N-methyl/N-ethyl adjacent to an activating group) is 2. The number of hydrogen-bond acceptors (Lipinski definition) is 10. The molecule has 4 bridgehead atoms. The zero-order chi connectivity index (χ0) is 45.2. The summed E-state index contributed by atoms with van der Waals surface area (Å²) in [5.74, 6) is -6.05. The van der Waals surface area contributed by atoms with Crippen molar-refractivity contribution in [3.8, 4) is 33.8 Å². The van der Waals surface area contributed by atoms with Crippen LogP contribution in [0, 0.1) is 0 Å². The Balaban J connectivity index is 1.49. The molecule has 4 aromatic rings. The number of nitrogens with one attached hydrogen (secondary N) is 5. The Kier molecular flexibility index (Phi) is 15.4. The summed E-state index contributed by atoms with van der Waals surface area (Å²) >= 11 is 6.04. The van der Waals surface area contributed by atoms with Crippen LogP contribution in [0.5, 0.6) is 11.5 Å². The number of nitrogens with zero attached hydrogens (tertiary/aromatic N) is 1. The van der Waals surface area contributed by atoms with Gasteiger partial charge in [-0.15, -0.1) is 0 Å². The zero-order valence-corrected chi connectivity index (χ0v) is 35.4. The van der Waals surface area contributed by atoms with Gasteiger partial charge in [0.2, 0.25) is 29.4 Å². The van der Waals surface area contributed by atoms with Crippen molar-refractivity contribution in [1.82, 2.24) is 31.5 Å². The second kappa shape index (κ2) is 20.7. The fraction of sp³-hybridized carbons (Fsp3) is 0.311. The average molecular weight is 868 g/mol. The molecule has 0 aromatic heterocycles. The highest BCUT2D eigenvalue weighted by molar-refractivity contribution is 6.38. The summed E-state index contributed by atoms with van der Waals surface area (Å²) < 4.78 is 0. The van der Waals surface area contributed by atoms with Crippen LogP contribution in [0.25, 0.3) is 22.3 Å². The van der Waals surface area contributed by atoms with Gasteiger partial charge in [0.1, 0.15) is 35.7 Å². The Labute approximate surface area is 363 Å². The number of carbonyl (C=O) groups excluding carboxylic acids is 7. The first-order chi connectivity index (χ1) is 29.5. The van der Waals surface area contributed by atoms with E-state index in [1.54, 1.807) is 36.4 Å². The van der Waals surface area contributed by atoms with E-state index in [-0.39, 0.29) is 46.6 Å². The number of phenols is 2. The Morgan fingerprint density at radius 1 is 0.839 bits per heavy atom. The number of halogens is 1. The van der Waals surface area contributed by atoms with E-state index in [4.69, 9.17) is 17.3 Å². The molecule has 17 heteroatoms. The first-order valence-corrected chi connectivity index (χ1v) is 20.4. The van der Waals surface area contributed by atoms with Gasteiger partial charge in [-0.05, 0) is 110 Å². The molecular weight excluding hydrogens is 818 g/mol.